The first-order chi connectivity index (χ1) is 12.4. The number of rotatable bonds is 7. The molecule has 1 unspecified atom stereocenters. The molecule has 1 aliphatic carbocycles. The van der Waals surface area contributed by atoms with Crippen LogP contribution in [0.2, 0.25) is 0 Å². The normalized spacial score (nSPS) is 15.1. The standard InChI is InChI=1S/C20H22N2O3S/c1-15(18-6-7-18)22(19-8-10-20(25-2)11-9-19)26(23,24)14-17-5-3-4-16(12-17)13-21/h3-5,8-12,15,18H,6-7,14H2,1-2H3. The fraction of sp³-hybridized carbons (Fsp3) is 0.350. The number of benzene rings is 2. The monoisotopic (exact) mass is 370 g/mol. The van der Waals surface area contributed by atoms with Gasteiger partial charge in [-0.25, -0.2) is 8.42 Å². The first-order valence-electron chi connectivity index (χ1n) is 8.60. The molecule has 0 N–H and O–H groups in total. The summed E-state index contributed by atoms with van der Waals surface area (Å²) in [6.45, 7) is 1.96. The lowest BCUT2D eigenvalue weighted by molar-refractivity contribution is 0.415. The largest absolute Gasteiger partial charge is 0.497 e. The van der Waals surface area contributed by atoms with Gasteiger partial charge in [0.15, 0.2) is 0 Å². The molecular formula is C20H22N2O3S. The summed E-state index contributed by atoms with van der Waals surface area (Å²) >= 11 is 0. The quantitative estimate of drug-likeness (QED) is 0.745. The van der Waals surface area contributed by atoms with E-state index in [1.54, 1.807) is 55.6 Å². The summed E-state index contributed by atoms with van der Waals surface area (Å²) in [5.41, 5.74) is 1.72. The van der Waals surface area contributed by atoms with Crippen LogP contribution in [-0.2, 0) is 15.8 Å². The second-order valence-electron chi connectivity index (χ2n) is 6.64. The molecule has 0 saturated heterocycles. The van der Waals surface area contributed by atoms with Crippen LogP contribution < -0.4 is 9.04 Å². The molecule has 6 heteroatoms. The highest BCUT2D eigenvalue weighted by Crippen LogP contribution is 2.39. The van der Waals surface area contributed by atoms with Crippen LogP contribution >= 0.6 is 0 Å². The minimum absolute atomic E-state index is 0.104. The van der Waals surface area contributed by atoms with Crippen LogP contribution in [0.1, 0.15) is 30.9 Å². The van der Waals surface area contributed by atoms with Crippen molar-refractivity contribution in [3.05, 3.63) is 59.7 Å². The first-order valence-corrected chi connectivity index (χ1v) is 10.2. The summed E-state index contributed by atoms with van der Waals surface area (Å²) in [6.07, 6.45) is 2.10. The van der Waals surface area contributed by atoms with Gasteiger partial charge in [-0.05, 0) is 67.6 Å². The molecule has 2 aromatic carbocycles. The molecule has 1 saturated carbocycles. The van der Waals surface area contributed by atoms with E-state index in [-0.39, 0.29) is 11.8 Å². The lowest BCUT2D eigenvalue weighted by Gasteiger charge is -2.31. The highest BCUT2D eigenvalue weighted by atomic mass is 32.2. The molecule has 0 amide bonds. The predicted molar refractivity (Wildman–Crippen MR) is 101 cm³/mol. The van der Waals surface area contributed by atoms with Crippen molar-refractivity contribution in [3.63, 3.8) is 0 Å². The van der Waals surface area contributed by atoms with Crippen molar-refractivity contribution in [1.82, 2.24) is 0 Å². The third kappa shape index (κ3) is 4.00. The van der Waals surface area contributed by atoms with E-state index in [0.717, 1.165) is 12.8 Å². The van der Waals surface area contributed by atoms with Crippen LogP contribution in [0.3, 0.4) is 0 Å². The Kier molecular flexibility index (Phi) is 5.19. The Hall–Kier alpha value is -2.52. The van der Waals surface area contributed by atoms with Gasteiger partial charge in [-0.3, -0.25) is 4.31 Å². The Balaban J connectivity index is 1.94. The number of sulfonamides is 1. The van der Waals surface area contributed by atoms with E-state index in [9.17, 15) is 8.42 Å². The molecule has 1 aliphatic rings. The van der Waals surface area contributed by atoms with E-state index >= 15 is 0 Å². The summed E-state index contributed by atoms with van der Waals surface area (Å²) in [7, 11) is -2.01. The number of ether oxygens (including phenoxy) is 1. The number of hydrogen-bond donors (Lipinski definition) is 0. The Morgan fingerprint density at radius 1 is 1.23 bits per heavy atom. The first kappa shape index (κ1) is 18.3. The molecule has 1 fully saturated rings. The fourth-order valence-electron chi connectivity index (χ4n) is 3.16. The van der Waals surface area contributed by atoms with Crippen LogP contribution in [0.15, 0.2) is 48.5 Å². The topological polar surface area (TPSA) is 70.4 Å². The fourth-order valence-corrected chi connectivity index (χ4v) is 5.02. The number of hydrogen-bond acceptors (Lipinski definition) is 4. The summed E-state index contributed by atoms with van der Waals surface area (Å²) in [6, 6.07) is 15.8. The van der Waals surface area contributed by atoms with Crippen LogP contribution in [0, 0.1) is 17.2 Å². The van der Waals surface area contributed by atoms with Crippen molar-refractivity contribution in [2.45, 2.75) is 31.6 Å². The predicted octanol–water partition coefficient (Wildman–Crippen LogP) is 3.70. The molecule has 2 aromatic rings. The molecule has 0 bridgehead atoms. The molecule has 26 heavy (non-hydrogen) atoms. The lowest BCUT2D eigenvalue weighted by Crippen LogP contribution is -2.40. The van der Waals surface area contributed by atoms with Crippen molar-refractivity contribution in [1.29, 1.82) is 5.26 Å². The summed E-state index contributed by atoms with van der Waals surface area (Å²) in [5.74, 6) is 0.940. The number of nitrogens with zero attached hydrogens (tertiary/aromatic N) is 2. The van der Waals surface area contributed by atoms with E-state index in [0.29, 0.717) is 28.5 Å². The molecule has 0 aromatic heterocycles. The van der Waals surface area contributed by atoms with Crippen molar-refractivity contribution < 1.29 is 13.2 Å². The average Bonchev–Trinajstić information content (AvgIpc) is 3.47. The molecule has 3 rings (SSSR count). The molecule has 0 spiro atoms. The minimum atomic E-state index is -3.59. The Labute approximate surface area is 154 Å². The third-order valence-electron chi connectivity index (χ3n) is 4.71. The number of nitriles is 1. The molecular weight excluding hydrogens is 348 g/mol. The van der Waals surface area contributed by atoms with Gasteiger partial charge in [0.2, 0.25) is 10.0 Å². The molecule has 0 heterocycles. The molecule has 1 atom stereocenters. The minimum Gasteiger partial charge on any atom is -0.497 e. The SMILES string of the molecule is COc1ccc(N(C(C)C2CC2)S(=O)(=O)Cc2cccc(C#N)c2)cc1. The maximum Gasteiger partial charge on any atom is 0.239 e. The zero-order chi connectivity index (χ0) is 18.7. The lowest BCUT2D eigenvalue weighted by atomic mass is 10.2. The van der Waals surface area contributed by atoms with Gasteiger partial charge in [0, 0.05) is 6.04 Å². The molecule has 0 aliphatic heterocycles. The van der Waals surface area contributed by atoms with Gasteiger partial charge >= 0.3 is 0 Å². The highest BCUT2D eigenvalue weighted by molar-refractivity contribution is 7.92. The van der Waals surface area contributed by atoms with Crippen LogP contribution in [0.4, 0.5) is 5.69 Å². The maximum atomic E-state index is 13.2. The highest BCUT2D eigenvalue weighted by Gasteiger charge is 2.37. The zero-order valence-corrected chi connectivity index (χ0v) is 15.7. The summed E-state index contributed by atoms with van der Waals surface area (Å²) in [5, 5.41) is 9.04. The molecule has 136 valence electrons. The Morgan fingerprint density at radius 3 is 2.50 bits per heavy atom. The summed E-state index contributed by atoms with van der Waals surface area (Å²) in [4.78, 5) is 0. The average molecular weight is 370 g/mol. The molecule has 0 radical (unpaired) electrons. The van der Waals surface area contributed by atoms with E-state index in [2.05, 4.69) is 6.07 Å². The zero-order valence-electron chi connectivity index (χ0n) is 14.9. The van der Waals surface area contributed by atoms with Crippen molar-refractivity contribution in [2.75, 3.05) is 11.4 Å². The van der Waals surface area contributed by atoms with Crippen molar-refractivity contribution >= 4 is 15.7 Å². The van der Waals surface area contributed by atoms with Gasteiger partial charge < -0.3 is 4.74 Å². The Bertz CT molecular complexity index is 913. The van der Waals surface area contributed by atoms with Crippen LogP contribution in [-0.4, -0.2) is 21.6 Å². The maximum absolute atomic E-state index is 13.2. The van der Waals surface area contributed by atoms with Crippen molar-refractivity contribution in [2.24, 2.45) is 5.92 Å². The van der Waals surface area contributed by atoms with Gasteiger partial charge in [-0.2, -0.15) is 5.26 Å². The van der Waals surface area contributed by atoms with E-state index in [1.807, 2.05) is 6.92 Å². The van der Waals surface area contributed by atoms with Crippen LogP contribution in [0.25, 0.3) is 0 Å². The van der Waals surface area contributed by atoms with Crippen LogP contribution in [0.5, 0.6) is 5.75 Å². The Morgan fingerprint density at radius 2 is 1.92 bits per heavy atom. The van der Waals surface area contributed by atoms with E-state index in [4.69, 9.17) is 10.00 Å². The molecule has 5 nitrogen and oxygen atoms in total. The second kappa shape index (κ2) is 7.38. The third-order valence-corrected chi connectivity index (χ3v) is 6.55. The van der Waals surface area contributed by atoms with Gasteiger partial charge in [-0.1, -0.05) is 12.1 Å². The van der Waals surface area contributed by atoms with Gasteiger partial charge in [-0.15, -0.1) is 0 Å². The van der Waals surface area contributed by atoms with E-state index < -0.39 is 10.0 Å². The number of anilines is 1. The van der Waals surface area contributed by atoms with Gasteiger partial charge in [0.1, 0.15) is 5.75 Å². The summed E-state index contributed by atoms with van der Waals surface area (Å²) < 4.78 is 33.2. The number of methoxy groups -OCH3 is 1. The van der Waals surface area contributed by atoms with Gasteiger partial charge in [0.05, 0.1) is 30.2 Å². The van der Waals surface area contributed by atoms with Gasteiger partial charge in [0.25, 0.3) is 0 Å². The smallest absolute Gasteiger partial charge is 0.239 e. The van der Waals surface area contributed by atoms with Crippen molar-refractivity contribution in [3.8, 4) is 11.8 Å². The second-order valence-corrected chi connectivity index (χ2v) is 8.49. The van der Waals surface area contributed by atoms with E-state index in [1.165, 1.54) is 4.31 Å².